The lowest BCUT2D eigenvalue weighted by Crippen LogP contribution is -2.53. The molecule has 1 atom stereocenters. The van der Waals surface area contributed by atoms with Gasteiger partial charge in [-0.25, -0.2) is 4.98 Å². The summed E-state index contributed by atoms with van der Waals surface area (Å²) in [5.41, 5.74) is 1.62. The molecular formula is C16H21N3O2. The molecule has 0 amide bonds. The molecule has 0 bridgehead atoms. The molecule has 1 aliphatic heterocycles. The summed E-state index contributed by atoms with van der Waals surface area (Å²) in [7, 11) is 0. The second-order valence-electron chi connectivity index (χ2n) is 6.50. The van der Waals surface area contributed by atoms with Crippen LogP contribution in [-0.2, 0) is 11.3 Å². The van der Waals surface area contributed by atoms with Crippen molar-refractivity contribution in [3.05, 3.63) is 36.3 Å². The van der Waals surface area contributed by atoms with Crippen LogP contribution in [0.5, 0.6) is 0 Å². The number of fused-ring (bicyclic) bond motifs is 1. The Balaban J connectivity index is 1.86. The Labute approximate surface area is 124 Å². The van der Waals surface area contributed by atoms with Gasteiger partial charge in [0.15, 0.2) is 0 Å². The molecule has 1 N–H and O–H groups in total. The molecule has 1 fully saturated rings. The molecule has 0 saturated carbocycles. The SMILES string of the molecule is CC1(C)CCCN(Cc2cn3ccccc3n2)C1C(=O)O. The molecule has 5 nitrogen and oxygen atoms in total. The molecule has 3 rings (SSSR count). The van der Waals surface area contributed by atoms with Gasteiger partial charge >= 0.3 is 5.97 Å². The smallest absolute Gasteiger partial charge is 0.321 e. The first-order valence-electron chi connectivity index (χ1n) is 7.37. The van der Waals surface area contributed by atoms with Crippen LogP contribution < -0.4 is 0 Å². The molecule has 1 unspecified atom stereocenters. The average Bonchev–Trinajstić information content (AvgIpc) is 2.79. The fourth-order valence-electron chi connectivity index (χ4n) is 3.43. The summed E-state index contributed by atoms with van der Waals surface area (Å²) >= 11 is 0. The fraction of sp³-hybridized carbons (Fsp3) is 0.500. The van der Waals surface area contributed by atoms with E-state index in [0.29, 0.717) is 6.54 Å². The normalized spacial score (nSPS) is 22.5. The number of rotatable bonds is 3. The van der Waals surface area contributed by atoms with Crippen LogP contribution in [-0.4, -0.2) is 37.9 Å². The van der Waals surface area contributed by atoms with Gasteiger partial charge in [-0.15, -0.1) is 0 Å². The summed E-state index contributed by atoms with van der Waals surface area (Å²) < 4.78 is 1.97. The second-order valence-corrected chi connectivity index (χ2v) is 6.50. The van der Waals surface area contributed by atoms with E-state index in [-0.39, 0.29) is 5.41 Å². The van der Waals surface area contributed by atoms with Gasteiger partial charge < -0.3 is 9.51 Å². The van der Waals surface area contributed by atoms with Gasteiger partial charge in [0.1, 0.15) is 11.7 Å². The van der Waals surface area contributed by atoms with Crippen LogP contribution in [0, 0.1) is 5.41 Å². The van der Waals surface area contributed by atoms with Gasteiger partial charge in [0.05, 0.1) is 5.69 Å². The van der Waals surface area contributed by atoms with E-state index in [1.165, 1.54) is 0 Å². The Hall–Kier alpha value is -1.88. The van der Waals surface area contributed by atoms with Gasteiger partial charge in [0.25, 0.3) is 0 Å². The third kappa shape index (κ3) is 2.65. The summed E-state index contributed by atoms with van der Waals surface area (Å²) in [6, 6.07) is 5.42. The number of hydrogen-bond donors (Lipinski definition) is 1. The predicted octanol–water partition coefficient (Wildman–Crippen LogP) is 2.41. The van der Waals surface area contributed by atoms with Crippen molar-refractivity contribution >= 4 is 11.6 Å². The van der Waals surface area contributed by atoms with Crippen molar-refractivity contribution in [2.75, 3.05) is 6.54 Å². The van der Waals surface area contributed by atoms with Crippen molar-refractivity contribution in [3.8, 4) is 0 Å². The Morgan fingerprint density at radius 3 is 3.00 bits per heavy atom. The van der Waals surface area contributed by atoms with Gasteiger partial charge in [-0.05, 0) is 36.9 Å². The maximum atomic E-state index is 11.7. The molecule has 2 aromatic heterocycles. The van der Waals surface area contributed by atoms with Crippen molar-refractivity contribution in [1.29, 1.82) is 0 Å². The molecule has 5 heteroatoms. The number of carboxylic acids is 1. The largest absolute Gasteiger partial charge is 0.480 e. The molecule has 112 valence electrons. The van der Waals surface area contributed by atoms with E-state index in [0.717, 1.165) is 30.7 Å². The lowest BCUT2D eigenvalue weighted by molar-refractivity contribution is -0.151. The van der Waals surface area contributed by atoms with Gasteiger partial charge in [-0.2, -0.15) is 0 Å². The topological polar surface area (TPSA) is 57.8 Å². The van der Waals surface area contributed by atoms with Crippen LogP contribution in [0.25, 0.3) is 5.65 Å². The van der Waals surface area contributed by atoms with Gasteiger partial charge in [-0.3, -0.25) is 9.69 Å². The maximum Gasteiger partial charge on any atom is 0.321 e. The summed E-state index contributed by atoms with van der Waals surface area (Å²) in [5, 5.41) is 9.59. The highest BCUT2D eigenvalue weighted by Gasteiger charge is 2.42. The highest BCUT2D eigenvalue weighted by atomic mass is 16.4. The monoisotopic (exact) mass is 287 g/mol. The van der Waals surface area contributed by atoms with Crippen LogP contribution >= 0.6 is 0 Å². The van der Waals surface area contributed by atoms with E-state index in [1.54, 1.807) is 0 Å². The van der Waals surface area contributed by atoms with E-state index in [9.17, 15) is 9.90 Å². The quantitative estimate of drug-likeness (QED) is 0.942. The number of pyridine rings is 1. The van der Waals surface area contributed by atoms with Gasteiger partial charge in [0.2, 0.25) is 0 Å². The van der Waals surface area contributed by atoms with E-state index >= 15 is 0 Å². The molecule has 0 aliphatic carbocycles. The summed E-state index contributed by atoms with van der Waals surface area (Å²) in [6.07, 6.45) is 5.92. The maximum absolute atomic E-state index is 11.7. The van der Waals surface area contributed by atoms with Crippen molar-refractivity contribution < 1.29 is 9.90 Å². The van der Waals surface area contributed by atoms with E-state index in [2.05, 4.69) is 4.98 Å². The second kappa shape index (κ2) is 5.15. The number of carbonyl (C=O) groups is 1. The lowest BCUT2D eigenvalue weighted by Gasteiger charge is -2.43. The number of likely N-dealkylation sites (tertiary alicyclic amines) is 1. The standard InChI is InChI=1S/C16H21N3O2/c1-16(2)7-5-9-19(14(16)15(20)21)11-12-10-18-8-4-3-6-13(18)17-12/h3-4,6,8,10,14H,5,7,9,11H2,1-2H3,(H,20,21). The number of aromatic nitrogens is 2. The zero-order chi connectivity index (χ0) is 15.0. The number of imidazole rings is 1. The zero-order valence-corrected chi connectivity index (χ0v) is 12.5. The van der Waals surface area contributed by atoms with E-state index in [4.69, 9.17) is 0 Å². The Morgan fingerprint density at radius 2 is 2.29 bits per heavy atom. The number of piperidine rings is 1. The number of aliphatic carboxylic acids is 1. The number of hydrogen-bond acceptors (Lipinski definition) is 3. The minimum Gasteiger partial charge on any atom is -0.480 e. The number of carboxylic acid groups (broad SMARTS) is 1. The Bertz CT molecular complexity index is 629. The molecule has 1 saturated heterocycles. The minimum atomic E-state index is -0.733. The van der Waals surface area contributed by atoms with Crippen molar-refractivity contribution in [1.82, 2.24) is 14.3 Å². The lowest BCUT2D eigenvalue weighted by atomic mass is 9.76. The molecule has 3 heterocycles. The van der Waals surface area contributed by atoms with Crippen LogP contribution in [0.1, 0.15) is 32.4 Å². The fourth-order valence-corrected chi connectivity index (χ4v) is 3.43. The number of nitrogens with zero attached hydrogens (tertiary/aromatic N) is 3. The molecule has 21 heavy (non-hydrogen) atoms. The van der Waals surface area contributed by atoms with Crippen molar-refractivity contribution in [3.63, 3.8) is 0 Å². The first-order valence-corrected chi connectivity index (χ1v) is 7.37. The Kier molecular flexibility index (Phi) is 3.45. The molecular weight excluding hydrogens is 266 g/mol. The van der Waals surface area contributed by atoms with E-state index < -0.39 is 12.0 Å². The molecule has 0 spiro atoms. The van der Waals surface area contributed by atoms with Crippen LogP contribution in [0.3, 0.4) is 0 Å². The third-order valence-electron chi connectivity index (χ3n) is 4.38. The van der Waals surface area contributed by atoms with Crippen LogP contribution in [0.4, 0.5) is 0 Å². The average molecular weight is 287 g/mol. The van der Waals surface area contributed by atoms with Crippen LogP contribution in [0.2, 0.25) is 0 Å². The summed E-state index contributed by atoms with van der Waals surface area (Å²) in [5.74, 6) is -0.733. The van der Waals surface area contributed by atoms with Crippen LogP contribution in [0.15, 0.2) is 30.6 Å². The zero-order valence-electron chi connectivity index (χ0n) is 12.5. The first kappa shape index (κ1) is 14.1. The molecule has 2 aromatic rings. The predicted molar refractivity (Wildman–Crippen MR) is 80.0 cm³/mol. The summed E-state index contributed by atoms with van der Waals surface area (Å²) in [6.45, 7) is 5.49. The third-order valence-corrected chi connectivity index (χ3v) is 4.38. The summed E-state index contributed by atoms with van der Waals surface area (Å²) in [4.78, 5) is 18.3. The molecule has 1 aliphatic rings. The van der Waals surface area contributed by atoms with Crippen molar-refractivity contribution in [2.24, 2.45) is 5.41 Å². The van der Waals surface area contributed by atoms with Crippen molar-refractivity contribution in [2.45, 2.75) is 39.3 Å². The van der Waals surface area contributed by atoms with Gasteiger partial charge in [0, 0.05) is 18.9 Å². The Morgan fingerprint density at radius 1 is 1.48 bits per heavy atom. The van der Waals surface area contributed by atoms with Gasteiger partial charge in [-0.1, -0.05) is 19.9 Å². The molecule has 0 radical (unpaired) electrons. The minimum absolute atomic E-state index is 0.205. The highest BCUT2D eigenvalue weighted by Crippen LogP contribution is 2.35. The highest BCUT2D eigenvalue weighted by molar-refractivity contribution is 5.74. The molecule has 0 aromatic carbocycles. The van der Waals surface area contributed by atoms with E-state index in [1.807, 2.05) is 53.7 Å². The first-order chi connectivity index (χ1) is 9.97.